The van der Waals surface area contributed by atoms with Crippen LogP contribution in [0.3, 0.4) is 0 Å². The Labute approximate surface area is 118 Å². The van der Waals surface area contributed by atoms with E-state index in [0.29, 0.717) is 12.1 Å². The second kappa shape index (κ2) is 6.14. The number of rotatable bonds is 4. The van der Waals surface area contributed by atoms with Crippen LogP contribution >= 0.6 is 0 Å². The smallest absolute Gasteiger partial charge is 0.251 e. The van der Waals surface area contributed by atoms with Gasteiger partial charge in [0.2, 0.25) is 0 Å². The first-order chi connectivity index (χ1) is 9.60. The molecule has 5 nitrogen and oxygen atoms in total. The van der Waals surface area contributed by atoms with E-state index >= 15 is 0 Å². The van der Waals surface area contributed by atoms with E-state index in [0.717, 1.165) is 22.8 Å². The molecule has 0 aliphatic heterocycles. The van der Waals surface area contributed by atoms with Crippen molar-refractivity contribution in [2.24, 2.45) is 0 Å². The van der Waals surface area contributed by atoms with E-state index < -0.39 is 0 Å². The maximum atomic E-state index is 11.6. The topological polar surface area (TPSA) is 66.9 Å². The zero-order valence-corrected chi connectivity index (χ0v) is 11.9. The fraction of sp³-hybridized carbons (Fsp3) is 0.267. The maximum Gasteiger partial charge on any atom is 0.251 e. The summed E-state index contributed by atoms with van der Waals surface area (Å²) in [6.45, 7) is 4.43. The standard InChI is InChI=1S/C15H18N4O/c1-10-8-17-11(2)19-14(10)18-9-12-5-4-6-13(7-12)15(20)16-3/h4-8H,9H2,1-3H3,(H,16,20)(H,17,18,19). The summed E-state index contributed by atoms with van der Waals surface area (Å²) in [7, 11) is 1.63. The van der Waals surface area contributed by atoms with Crippen molar-refractivity contribution >= 4 is 11.7 Å². The third-order valence-corrected chi connectivity index (χ3v) is 2.97. The number of hydrogen-bond donors (Lipinski definition) is 2. The van der Waals surface area contributed by atoms with E-state index in [2.05, 4.69) is 20.6 Å². The van der Waals surface area contributed by atoms with Gasteiger partial charge in [0.1, 0.15) is 11.6 Å². The molecule has 0 aliphatic carbocycles. The predicted molar refractivity (Wildman–Crippen MR) is 78.7 cm³/mol. The Morgan fingerprint density at radius 1 is 1.30 bits per heavy atom. The number of aromatic nitrogens is 2. The number of amides is 1. The van der Waals surface area contributed by atoms with Crippen molar-refractivity contribution in [3.63, 3.8) is 0 Å². The molecule has 1 aromatic carbocycles. The van der Waals surface area contributed by atoms with Gasteiger partial charge in [0.25, 0.3) is 5.91 Å². The monoisotopic (exact) mass is 270 g/mol. The lowest BCUT2D eigenvalue weighted by molar-refractivity contribution is 0.0963. The quantitative estimate of drug-likeness (QED) is 0.892. The Balaban J connectivity index is 2.11. The number of nitrogens with one attached hydrogen (secondary N) is 2. The highest BCUT2D eigenvalue weighted by Gasteiger charge is 2.05. The molecule has 0 unspecified atom stereocenters. The molecule has 1 heterocycles. The molecule has 0 saturated heterocycles. The van der Waals surface area contributed by atoms with Crippen LogP contribution in [-0.4, -0.2) is 22.9 Å². The summed E-state index contributed by atoms with van der Waals surface area (Å²) in [5.41, 5.74) is 2.68. The van der Waals surface area contributed by atoms with Crippen molar-refractivity contribution in [2.45, 2.75) is 20.4 Å². The lowest BCUT2D eigenvalue weighted by atomic mass is 10.1. The second-order valence-electron chi connectivity index (χ2n) is 4.58. The van der Waals surface area contributed by atoms with Gasteiger partial charge < -0.3 is 10.6 Å². The second-order valence-corrected chi connectivity index (χ2v) is 4.58. The van der Waals surface area contributed by atoms with E-state index in [1.54, 1.807) is 19.3 Å². The number of hydrogen-bond acceptors (Lipinski definition) is 4. The normalized spacial score (nSPS) is 10.2. The van der Waals surface area contributed by atoms with Crippen molar-refractivity contribution in [1.82, 2.24) is 15.3 Å². The molecular weight excluding hydrogens is 252 g/mol. The van der Waals surface area contributed by atoms with Crippen molar-refractivity contribution in [2.75, 3.05) is 12.4 Å². The van der Waals surface area contributed by atoms with Gasteiger partial charge in [0, 0.05) is 30.9 Å². The van der Waals surface area contributed by atoms with E-state index in [1.165, 1.54) is 0 Å². The van der Waals surface area contributed by atoms with Crippen LogP contribution in [0.4, 0.5) is 5.82 Å². The molecule has 104 valence electrons. The molecule has 2 N–H and O–H groups in total. The molecule has 2 aromatic rings. The molecule has 0 saturated carbocycles. The molecule has 20 heavy (non-hydrogen) atoms. The third-order valence-electron chi connectivity index (χ3n) is 2.97. The summed E-state index contributed by atoms with van der Waals surface area (Å²) >= 11 is 0. The predicted octanol–water partition coefficient (Wildman–Crippen LogP) is 2.07. The number of benzene rings is 1. The average molecular weight is 270 g/mol. The van der Waals surface area contributed by atoms with Gasteiger partial charge in [-0.25, -0.2) is 9.97 Å². The lowest BCUT2D eigenvalue weighted by Gasteiger charge is -2.09. The summed E-state index contributed by atoms with van der Waals surface area (Å²) < 4.78 is 0. The third kappa shape index (κ3) is 3.32. The number of anilines is 1. The zero-order valence-electron chi connectivity index (χ0n) is 11.9. The van der Waals surface area contributed by atoms with Crippen molar-refractivity contribution < 1.29 is 4.79 Å². The molecular formula is C15H18N4O. The summed E-state index contributed by atoms with van der Waals surface area (Å²) in [6, 6.07) is 7.51. The maximum absolute atomic E-state index is 11.6. The molecule has 5 heteroatoms. The van der Waals surface area contributed by atoms with Gasteiger partial charge in [0.05, 0.1) is 0 Å². The first kappa shape index (κ1) is 14.0. The first-order valence-electron chi connectivity index (χ1n) is 6.45. The van der Waals surface area contributed by atoms with Gasteiger partial charge >= 0.3 is 0 Å². The molecule has 2 rings (SSSR count). The van der Waals surface area contributed by atoms with Crippen LogP contribution in [0, 0.1) is 13.8 Å². The molecule has 0 spiro atoms. The summed E-state index contributed by atoms with van der Waals surface area (Å²) in [4.78, 5) is 20.1. The summed E-state index contributed by atoms with van der Waals surface area (Å²) in [5, 5.41) is 5.89. The van der Waals surface area contributed by atoms with E-state index in [4.69, 9.17) is 0 Å². The minimum absolute atomic E-state index is 0.0825. The summed E-state index contributed by atoms with van der Waals surface area (Å²) in [6.07, 6.45) is 1.80. The van der Waals surface area contributed by atoms with Crippen LogP contribution in [0.1, 0.15) is 27.3 Å². The van der Waals surface area contributed by atoms with Crippen LogP contribution in [0.2, 0.25) is 0 Å². The largest absolute Gasteiger partial charge is 0.366 e. The molecule has 0 bridgehead atoms. The van der Waals surface area contributed by atoms with E-state index in [-0.39, 0.29) is 5.91 Å². The van der Waals surface area contributed by atoms with Gasteiger partial charge in [-0.2, -0.15) is 0 Å². The van der Waals surface area contributed by atoms with Crippen molar-refractivity contribution in [3.8, 4) is 0 Å². The number of carbonyl (C=O) groups excluding carboxylic acids is 1. The molecule has 1 aromatic heterocycles. The van der Waals surface area contributed by atoms with Crippen LogP contribution in [0.5, 0.6) is 0 Å². The van der Waals surface area contributed by atoms with Crippen LogP contribution in [0.15, 0.2) is 30.5 Å². The molecule has 0 aliphatic rings. The Hall–Kier alpha value is -2.43. The highest BCUT2D eigenvalue weighted by molar-refractivity contribution is 5.94. The summed E-state index contributed by atoms with van der Waals surface area (Å²) in [5.74, 6) is 1.47. The molecule has 1 amide bonds. The van der Waals surface area contributed by atoms with Gasteiger partial charge in [-0.15, -0.1) is 0 Å². The average Bonchev–Trinajstić information content (AvgIpc) is 2.47. The molecule has 0 radical (unpaired) electrons. The van der Waals surface area contributed by atoms with E-state index in [1.807, 2.05) is 32.0 Å². The Kier molecular flexibility index (Phi) is 4.30. The van der Waals surface area contributed by atoms with Crippen molar-refractivity contribution in [1.29, 1.82) is 0 Å². The molecule has 0 fully saturated rings. The molecule has 0 atom stereocenters. The minimum atomic E-state index is -0.0825. The van der Waals surface area contributed by atoms with E-state index in [9.17, 15) is 4.79 Å². The van der Waals surface area contributed by atoms with Gasteiger partial charge in [0.15, 0.2) is 0 Å². The lowest BCUT2D eigenvalue weighted by Crippen LogP contribution is -2.18. The van der Waals surface area contributed by atoms with Crippen LogP contribution < -0.4 is 10.6 Å². The first-order valence-corrected chi connectivity index (χ1v) is 6.45. The number of nitrogens with zero attached hydrogens (tertiary/aromatic N) is 2. The SMILES string of the molecule is CNC(=O)c1cccc(CNc2nc(C)ncc2C)c1. The fourth-order valence-electron chi connectivity index (χ4n) is 1.86. The Bertz CT molecular complexity index is 625. The fourth-order valence-corrected chi connectivity index (χ4v) is 1.86. The van der Waals surface area contributed by atoms with Gasteiger partial charge in [-0.3, -0.25) is 4.79 Å². The number of carbonyl (C=O) groups is 1. The Morgan fingerprint density at radius 2 is 2.10 bits per heavy atom. The van der Waals surface area contributed by atoms with Gasteiger partial charge in [-0.05, 0) is 31.5 Å². The van der Waals surface area contributed by atoms with Gasteiger partial charge in [-0.1, -0.05) is 12.1 Å². The zero-order chi connectivity index (χ0) is 14.5. The minimum Gasteiger partial charge on any atom is -0.366 e. The van der Waals surface area contributed by atoms with Crippen LogP contribution in [0.25, 0.3) is 0 Å². The van der Waals surface area contributed by atoms with Crippen molar-refractivity contribution in [3.05, 3.63) is 53.0 Å². The highest BCUT2D eigenvalue weighted by Crippen LogP contribution is 2.12. The van der Waals surface area contributed by atoms with Crippen LogP contribution in [-0.2, 0) is 6.54 Å². The Morgan fingerprint density at radius 3 is 2.85 bits per heavy atom. The number of aryl methyl sites for hydroxylation is 2. The highest BCUT2D eigenvalue weighted by atomic mass is 16.1.